The monoisotopic (exact) mass is 474 g/mol. The average molecular weight is 476 g/mol. The predicted octanol–water partition coefficient (Wildman–Crippen LogP) is 5.62. The van der Waals surface area contributed by atoms with Crippen molar-refractivity contribution in [3.63, 3.8) is 0 Å². The Bertz CT molecular complexity index is 1070. The number of rotatable bonds is 5. The van der Waals surface area contributed by atoms with Gasteiger partial charge in [0.05, 0.1) is 11.4 Å². The Morgan fingerprint density at radius 1 is 0.903 bits per heavy atom. The number of nitrogens with zero attached hydrogens (tertiary/aromatic N) is 3. The number of carbonyl (C=O) groups excluding carboxylic acids is 1. The Morgan fingerprint density at radius 3 is 2.32 bits per heavy atom. The van der Waals surface area contributed by atoms with Gasteiger partial charge in [0.1, 0.15) is 5.15 Å². The maximum Gasteiger partial charge on any atom is 0.255 e. The zero-order chi connectivity index (χ0) is 21.8. The SMILES string of the molecule is O=C(Nc1ccc(Cl)cc1N1CCN(Cc2ccc(Cl)cc2)CC1)c1ccnc(Cl)c1. The molecular weight excluding hydrogens is 455 g/mol. The molecule has 0 saturated carbocycles. The first-order valence-electron chi connectivity index (χ1n) is 9.92. The van der Waals surface area contributed by atoms with Gasteiger partial charge in [0, 0.05) is 54.5 Å². The van der Waals surface area contributed by atoms with Crippen LogP contribution in [-0.2, 0) is 6.54 Å². The van der Waals surface area contributed by atoms with Crippen LogP contribution < -0.4 is 10.2 Å². The van der Waals surface area contributed by atoms with Crippen molar-refractivity contribution in [2.45, 2.75) is 6.54 Å². The van der Waals surface area contributed by atoms with E-state index >= 15 is 0 Å². The zero-order valence-electron chi connectivity index (χ0n) is 16.7. The van der Waals surface area contributed by atoms with Crippen LogP contribution in [0.25, 0.3) is 0 Å². The lowest BCUT2D eigenvalue weighted by molar-refractivity contribution is 0.102. The van der Waals surface area contributed by atoms with Crippen molar-refractivity contribution in [2.75, 3.05) is 36.4 Å². The van der Waals surface area contributed by atoms with E-state index in [9.17, 15) is 4.79 Å². The molecule has 160 valence electrons. The van der Waals surface area contributed by atoms with Gasteiger partial charge in [-0.25, -0.2) is 4.98 Å². The van der Waals surface area contributed by atoms with E-state index < -0.39 is 0 Å². The van der Waals surface area contributed by atoms with Gasteiger partial charge in [-0.3, -0.25) is 9.69 Å². The second-order valence-electron chi connectivity index (χ2n) is 7.37. The van der Waals surface area contributed by atoms with Crippen LogP contribution in [-0.4, -0.2) is 42.0 Å². The fraction of sp³-hybridized carbons (Fsp3) is 0.217. The molecule has 1 amide bonds. The maximum atomic E-state index is 12.7. The molecule has 0 aliphatic carbocycles. The van der Waals surface area contributed by atoms with Gasteiger partial charge in [-0.2, -0.15) is 0 Å². The van der Waals surface area contributed by atoms with Gasteiger partial charge in [0.25, 0.3) is 5.91 Å². The highest BCUT2D eigenvalue weighted by Crippen LogP contribution is 2.31. The van der Waals surface area contributed by atoms with Gasteiger partial charge in [0.2, 0.25) is 0 Å². The van der Waals surface area contributed by atoms with Crippen LogP contribution in [0.5, 0.6) is 0 Å². The predicted molar refractivity (Wildman–Crippen MR) is 128 cm³/mol. The summed E-state index contributed by atoms with van der Waals surface area (Å²) in [6, 6.07) is 16.6. The Kier molecular flexibility index (Phi) is 6.98. The number of pyridine rings is 1. The van der Waals surface area contributed by atoms with Gasteiger partial charge in [-0.1, -0.05) is 46.9 Å². The Labute approximate surface area is 196 Å². The van der Waals surface area contributed by atoms with E-state index in [0.717, 1.165) is 43.4 Å². The fourth-order valence-corrected chi connectivity index (χ4v) is 4.07. The minimum Gasteiger partial charge on any atom is -0.367 e. The molecular formula is C23H21Cl3N4O. The summed E-state index contributed by atoms with van der Waals surface area (Å²) in [6.45, 7) is 4.35. The van der Waals surface area contributed by atoms with E-state index in [1.807, 2.05) is 24.3 Å². The molecule has 1 aromatic heterocycles. The molecule has 4 rings (SSSR count). The summed E-state index contributed by atoms with van der Waals surface area (Å²) in [6.07, 6.45) is 1.51. The molecule has 0 bridgehead atoms. The normalized spacial score (nSPS) is 14.5. The van der Waals surface area contributed by atoms with E-state index in [2.05, 4.69) is 32.2 Å². The Morgan fingerprint density at radius 2 is 1.61 bits per heavy atom. The number of halogens is 3. The Balaban J connectivity index is 1.44. The number of aromatic nitrogens is 1. The molecule has 1 N–H and O–H groups in total. The van der Waals surface area contributed by atoms with Gasteiger partial charge in [-0.15, -0.1) is 0 Å². The number of nitrogens with one attached hydrogen (secondary N) is 1. The lowest BCUT2D eigenvalue weighted by atomic mass is 10.1. The molecule has 0 atom stereocenters. The summed E-state index contributed by atoms with van der Waals surface area (Å²) in [5.74, 6) is -0.241. The van der Waals surface area contributed by atoms with E-state index in [-0.39, 0.29) is 11.1 Å². The number of hydrogen-bond acceptors (Lipinski definition) is 4. The molecule has 2 heterocycles. The first kappa shape index (κ1) is 21.9. The average Bonchev–Trinajstić information content (AvgIpc) is 2.77. The largest absolute Gasteiger partial charge is 0.367 e. The van der Waals surface area contributed by atoms with Crippen molar-refractivity contribution in [3.8, 4) is 0 Å². The lowest BCUT2D eigenvalue weighted by Crippen LogP contribution is -2.46. The van der Waals surface area contributed by atoms with Crippen molar-refractivity contribution in [1.82, 2.24) is 9.88 Å². The van der Waals surface area contributed by atoms with Crippen molar-refractivity contribution in [3.05, 3.63) is 87.1 Å². The molecule has 1 aliphatic rings. The number of carbonyl (C=O) groups is 1. The summed E-state index contributed by atoms with van der Waals surface area (Å²) in [4.78, 5) is 21.3. The van der Waals surface area contributed by atoms with Crippen molar-refractivity contribution in [2.24, 2.45) is 0 Å². The molecule has 0 unspecified atom stereocenters. The van der Waals surface area contributed by atoms with E-state index in [0.29, 0.717) is 16.3 Å². The van der Waals surface area contributed by atoms with Crippen molar-refractivity contribution < 1.29 is 4.79 Å². The second kappa shape index (κ2) is 9.88. The fourth-order valence-electron chi connectivity index (χ4n) is 3.61. The quantitative estimate of drug-likeness (QED) is 0.487. The number of anilines is 2. The van der Waals surface area contributed by atoms with E-state index in [1.165, 1.54) is 11.8 Å². The first-order chi connectivity index (χ1) is 15.0. The zero-order valence-corrected chi connectivity index (χ0v) is 19.0. The van der Waals surface area contributed by atoms with Gasteiger partial charge >= 0.3 is 0 Å². The maximum absolute atomic E-state index is 12.7. The molecule has 3 aromatic rings. The highest BCUT2D eigenvalue weighted by atomic mass is 35.5. The lowest BCUT2D eigenvalue weighted by Gasteiger charge is -2.37. The third-order valence-corrected chi connectivity index (χ3v) is 5.92. The smallest absolute Gasteiger partial charge is 0.255 e. The van der Waals surface area contributed by atoms with E-state index in [4.69, 9.17) is 34.8 Å². The van der Waals surface area contributed by atoms with Crippen LogP contribution in [0.1, 0.15) is 15.9 Å². The molecule has 1 fully saturated rings. The van der Waals surface area contributed by atoms with Crippen molar-refractivity contribution in [1.29, 1.82) is 0 Å². The molecule has 1 aliphatic heterocycles. The summed E-state index contributed by atoms with van der Waals surface area (Å²) in [5, 5.41) is 4.64. The third-order valence-electron chi connectivity index (χ3n) is 5.23. The van der Waals surface area contributed by atoms with Crippen molar-refractivity contribution >= 4 is 52.1 Å². The summed E-state index contributed by atoms with van der Waals surface area (Å²) in [5.41, 5.74) is 3.32. The molecule has 8 heteroatoms. The second-order valence-corrected chi connectivity index (χ2v) is 8.63. The molecule has 0 spiro atoms. The number of hydrogen-bond donors (Lipinski definition) is 1. The van der Waals surface area contributed by atoms with E-state index in [1.54, 1.807) is 18.2 Å². The molecule has 5 nitrogen and oxygen atoms in total. The van der Waals surface area contributed by atoms with Gasteiger partial charge < -0.3 is 10.2 Å². The number of piperazine rings is 1. The minimum absolute atomic E-state index is 0.241. The highest BCUT2D eigenvalue weighted by Gasteiger charge is 2.21. The van der Waals surface area contributed by atoms with Crippen LogP contribution >= 0.6 is 34.8 Å². The van der Waals surface area contributed by atoms with Gasteiger partial charge in [0.15, 0.2) is 0 Å². The Hall–Kier alpha value is -2.31. The van der Waals surface area contributed by atoms with Crippen LogP contribution in [0.2, 0.25) is 15.2 Å². The highest BCUT2D eigenvalue weighted by molar-refractivity contribution is 6.31. The number of benzene rings is 2. The minimum atomic E-state index is -0.241. The van der Waals surface area contributed by atoms with Crippen LogP contribution in [0.4, 0.5) is 11.4 Å². The van der Waals surface area contributed by atoms with Crippen LogP contribution in [0.15, 0.2) is 60.8 Å². The molecule has 2 aromatic carbocycles. The number of amides is 1. The molecule has 0 radical (unpaired) electrons. The first-order valence-corrected chi connectivity index (χ1v) is 11.1. The summed E-state index contributed by atoms with van der Waals surface area (Å²) in [7, 11) is 0. The van der Waals surface area contributed by atoms with Crippen LogP contribution in [0.3, 0.4) is 0 Å². The van der Waals surface area contributed by atoms with Gasteiger partial charge in [-0.05, 0) is 48.0 Å². The topological polar surface area (TPSA) is 48.5 Å². The third kappa shape index (κ3) is 5.69. The summed E-state index contributed by atoms with van der Waals surface area (Å²) < 4.78 is 0. The standard InChI is InChI=1S/C23H21Cl3N4O/c24-18-3-1-16(2-4-18)15-29-9-11-30(12-10-29)21-14-19(25)5-6-20(21)28-23(31)17-7-8-27-22(26)13-17/h1-8,13-14H,9-12,15H2,(H,28,31). The van der Waals surface area contributed by atoms with Crippen LogP contribution in [0, 0.1) is 0 Å². The molecule has 31 heavy (non-hydrogen) atoms. The molecule has 1 saturated heterocycles. The summed E-state index contributed by atoms with van der Waals surface area (Å²) >= 11 is 18.2.